The van der Waals surface area contributed by atoms with E-state index >= 15 is 0 Å². The largest absolute Gasteiger partial charge is 0.876 e. The third kappa shape index (κ3) is 9.54. The summed E-state index contributed by atoms with van der Waals surface area (Å²) in [6.45, 7) is 11.8. The Morgan fingerprint density at radius 2 is 1.74 bits per heavy atom. The van der Waals surface area contributed by atoms with Gasteiger partial charge in [0.1, 0.15) is 0 Å². The van der Waals surface area contributed by atoms with Gasteiger partial charge in [-0.05, 0) is 12.8 Å². The molecule has 0 aliphatic carbocycles. The number of quaternary nitrogens is 1. The highest BCUT2D eigenvalue weighted by Crippen LogP contribution is 2.12. The summed E-state index contributed by atoms with van der Waals surface area (Å²) in [5.41, 5.74) is -0.321. The van der Waals surface area contributed by atoms with E-state index in [-0.39, 0.29) is 17.1 Å². The summed E-state index contributed by atoms with van der Waals surface area (Å²) in [4.78, 5) is 11.7. The Labute approximate surface area is 118 Å². The first-order valence-electron chi connectivity index (χ1n) is 7.00. The Bertz CT molecular complexity index is 304. The number of nitrogens with zero attached hydrogens (tertiary/aromatic N) is 1. The molecule has 4 heteroatoms. The zero-order valence-electron chi connectivity index (χ0n) is 13.2. The predicted molar refractivity (Wildman–Crippen MR) is 77.3 cm³/mol. The lowest BCUT2D eigenvalue weighted by Crippen LogP contribution is -2.43. The molecule has 19 heavy (non-hydrogen) atoms. The second-order valence-corrected chi connectivity index (χ2v) is 6.88. The van der Waals surface area contributed by atoms with Gasteiger partial charge in [0.15, 0.2) is 0 Å². The molecular weight excluding hydrogens is 240 g/mol. The lowest BCUT2D eigenvalue weighted by atomic mass is 9.96. The molecule has 0 aromatic rings. The number of carbonyl (C=O) groups excluding carboxylic acids is 1. The van der Waals surface area contributed by atoms with Crippen LogP contribution < -0.4 is 10.4 Å². The van der Waals surface area contributed by atoms with Crippen LogP contribution in [0.5, 0.6) is 0 Å². The van der Waals surface area contributed by atoms with Gasteiger partial charge in [-0.2, -0.15) is 0 Å². The summed E-state index contributed by atoms with van der Waals surface area (Å²) in [7, 11) is 4.30. The maximum Gasteiger partial charge on any atom is 0.225 e. The Morgan fingerprint density at radius 3 is 2.21 bits per heavy atom. The van der Waals surface area contributed by atoms with E-state index in [1.165, 1.54) is 0 Å². The monoisotopic (exact) mass is 270 g/mol. The van der Waals surface area contributed by atoms with Crippen LogP contribution in [-0.4, -0.2) is 44.1 Å². The van der Waals surface area contributed by atoms with E-state index < -0.39 is 0 Å². The molecule has 0 aromatic carbocycles. The second kappa shape index (κ2) is 7.53. The average molecular weight is 270 g/mol. The highest BCUT2D eigenvalue weighted by molar-refractivity contribution is 5.81. The van der Waals surface area contributed by atoms with Gasteiger partial charge in [-0.1, -0.05) is 20.8 Å². The first kappa shape index (κ1) is 18.0. The van der Waals surface area contributed by atoms with Crippen LogP contribution in [0.25, 0.3) is 0 Å². The third-order valence-corrected chi connectivity index (χ3v) is 3.13. The van der Waals surface area contributed by atoms with Crippen LogP contribution >= 0.6 is 0 Å². The van der Waals surface area contributed by atoms with E-state index in [1.807, 2.05) is 20.8 Å². The van der Waals surface area contributed by atoms with E-state index in [0.717, 1.165) is 30.4 Å². The van der Waals surface area contributed by atoms with Crippen molar-refractivity contribution in [3.8, 4) is 0 Å². The van der Waals surface area contributed by atoms with Crippen LogP contribution in [-0.2, 0) is 4.79 Å². The molecular formula is C15H30N2O2. The van der Waals surface area contributed by atoms with Gasteiger partial charge in [-0.15, -0.1) is 12.3 Å². The molecule has 4 nitrogen and oxygen atoms in total. The van der Waals surface area contributed by atoms with Crippen molar-refractivity contribution in [1.29, 1.82) is 0 Å². The molecule has 0 saturated heterocycles. The van der Waals surface area contributed by atoms with Gasteiger partial charge in [-0.3, -0.25) is 4.79 Å². The molecule has 1 N–H and O–H groups in total. The van der Waals surface area contributed by atoms with Crippen LogP contribution in [0.3, 0.4) is 0 Å². The minimum atomic E-state index is -0.321. The van der Waals surface area contributed by atoms with Crippen molar-refractivity contribution < 1.29 is 14.4 Å². The van der Waals surface area contributed by atoms with Gasteiger partial charge in [0, 0.05) is 18.4 Å². The number of allylic oxidation sites excluding steroid dienone is 1. The van der Waals surface area contributed by atoms with Gasteiger partial charge < -0.3 is 14.9 Å². The zero-order chi connectivity index (χ0) is 15.1. The highest BCUT2D eigenvalue weighted by atomic mass is 16.3. The van der Waals surface area contributed by atoms with Gasteiger partial charge in [0.25, 0.3) is 0 Å². The Hall–Kier alpha value is -1.03. The summed E-state index contributed by atoms with van der Waals surface area (Å²) >= 11 is 0. The van der Waals surface area contributed by atoms with Crippen LogP contribution in [0.1, 0.15) is 40.0 Å². The molecule has 0 radical (unpaired) electrons. The Kier molecular flexibility index (Phi) is 7.12. The van der Waals surface area contributed by atoms with E-state index in [0.29, 0.717) is 13.0 Å². The van der Waals surface area contributed by atoms with Crippen LogP contribution in [0.15, 0.2) is 12.3 Å². The Morgan fingerprint density at radius 1 is 1.21 bits per heavy atom. The second-order valence-electron chi connectivity index (χ2n) is 6.88. The number of hydrogen-bond donors (Lipinski definition) is 1. The number of nitrogens with one attached hydrogen (secondary N) is 1. The average Bonchev–Trinajstić information content (AvgIpc) is 2.21. The zero-order valence-corrected chi connectivity index (χ0v) is 13.2. The first-order valence-corrected chi connectivity index (χ1v) is 7.00. The summed E-state index contributed by atoms with van der Waals surface area (Å²) in [5, 5.41) is 13.7. The van der Waals surface area contributed by atoms with Crippen molar-refractivity contribution in [1.82, 2.24) is 5.32 Å². The molecule has 0 spiro atoms. The summed E-state index contributed by atoms with van der Waals surface area (Å²) in [5.74, 6) is 0.109. The van der Waals surface area contributed by atoms with E-state index in [1.54, 1.807) is 0 Å². The fourth-order valence-electron chi connectivity index (χ4n) is 1.79. The molecule has 112 valence electrons. The molecule has 0 atom stereocenters. The van der Waals surface area contributed by atoms with E-state index in [4.69, 9.17) is 0 Å². The minimum Gasteiger partial charge on any atom is -0.876 e. The molecule has 1 amide bonds. The van der Waals surface area contributed by atoms with Gasteiger partial charge in [-0.25, -0.2) is 0 Å². The maximum absolute atomic E-state index is 11.7. The van der Waals surface area contributed by atoms with Gasteiger partial charge >= 0.3 is 0 Å². The summed E-state index contributed by atoms with van der Waals surface area (Å²) in [6, 6.07) is 0. The first-order chi connectivity index (χ1) is 8.54. The molecule has 0 rings (SSSR count). The molecule has 0 aliphatic heterocycles. The molecule has 0 saturated carbocycles. The van der Waals surface area contributed by atoms with E-state index in [2.05, 4.69) is 26.0 Å². The van der Waals surface area contributed by atoms with Crippen LogP contribution in [0, 0.1) is 5.41 Å². The SMILES string of the molecule is C=C([O-])CCC[N+](C)(C)CCCNC(=O)C(C)(C)C. The number of carbonyl (C=O) groups is 1. The number of rotatable bonds is 8. The van der Waals surface area contributed by atoms with Crippen molar-refractivity contribution in [2.24, 2.45) is 5.41 Å². The molecule has 0 bridgehead atoms. The number of hydrogen-bond acceptors (Lipinski definition) is 2. The fraction of sp³-hybridized carbons (Fsp3) is 0.800. The van der Waals surface area contributed by atoms with Crippen molar-refractivity contribution in [3.05, 3.63) is 12.3 Å². The van der Waals surface area contributed by atoms with Crippen LogP contribution in [0.4, 0.5) is 0 Å². The van der Waals surface area contributed by atoms with Crippen molar-refractivity contribution in [2.45, 2.75) is 40.0 Å². The standard InChI is InChI=1S/C15H30N2O2/c1-13(18)9-7-11-17(5,6)12-8-10-16-14(19)15(2,3)4/h1,7-12H2,2-6H3,(H-,16,18,19). The van der Waals surface area contributed by atoms with Crippen molar-refractivity contribution in [2.75, 3.05) is 33.7 Å². The van der Waals surface area contributed by atoms with Gasteiger partial charge in [0.05, 0.1) is 27.2 Å². The maximum atomic E-state index is 11.7. The van der Waals surface area contributed by atoms with Crippen LogP contribution in [0.2, 0.25) is 0 Å². The van der Waals surface area contributed by atoms with Crippen molar-refractivity contribution >= 4 is 5.91 Å². The predicted octanol–water partition coefficient (Wildman–Crippen LogP) is 1.27. The van der Waals surface area contributed by atoms with Crippen molar-refractivity contribution in [3.63, 3.8) is 0 Å². The smallest absolute Gasteiger partial charge is 0.225 e. The lowest BCUT2D eigenvalue weighted by Gasteiger charge is -2.30. The normalized spacial score (nSPS) is 12.3. The molecule has 0 aliphatic rings. The molecule has 0 unspecified atom stereocenters. The third-order valence-electron chi connectivity index (χ3n) is 3.13. The Balaban J connectivity index is 3.80. The molecule has 0 aromatic heterocycles. The highest BCUT2D eigenvalue weighted by Gasteiger charge is 2.21. The topological polar surface area (TPSA) is 52.2 Å². The van der Waals surface area contributed by atoms with Gasteiger partial charge in [0.2, 0.25) is 5.91 Å². The minimum absolute atomic E-state index is 0.0115. The summed E-state index contributed by atoms with van der Waals surface area (Å²) in [6.07, 6.45) is 2.39. The van der Waals surface area contributed by atoms with E-state index in [9.17, 15) is 9.90 Å². The molecule has 0 fully saturated rings. The summed E-state index contributed by atoms with van der Waals surface area (Å²) < 4.78 is 0.874. The fourth-order valence-corrected chi connectivity index (χ4v) is 1.79. The lowest BCUT2D eigenvalue weighted by molar-refractivity contribution is -0.890. The number of amides is 1. The molecule has 0 heterocycles. The quantitative estimate of drug-likeness (QED) is 0.410.